The monoisotopic (exact) mass is 413 g/mol. The molecule has 0 unspecified atom stereocenters. The van der Waals surface area contributed by atoms with Crippen LogP contribution in [-0.4, -0.2) is 27.8 Å². The molecule has 28 heavy (non-hydrogen) atoms. The van der Waals surface area contributed by atoms with E-state index in [-0.39, 0.29) is 17.2 Å². The van der Waals surface area contributed by atoms with Gasteiger partial charge in [-0.2, -0.15) is 0 Å². The Hall–Kier alpha value is -2.91. The first kappa shape index (κ1) is 19.8. The van der Waals surface area contributed by atoms with Gasteiger partial charge in [-0.25, -0.2) is 0 Å². The van der Waals surface area contributed by atoms with Crippen LogP contribution in [0.5, 0.6) is 0 Å². The number of nitrogens with zero attached hydrogens (tertiary/aromatic N) is 2. The Morgan fingerprint density at radius 1 is 1.07 bits per heavy atom. The second-order valence-electron chi connectivity index (χ2n) is 5.99. The van der Waals surface area contributed by atoms with Gasteiger partial charge < -0.3 is 16.4 Å². The molecular weight excluding hydrogens is 394 g/mol. The van der Waals surface area contributed by atoms with Gasteiger partial charge in [0.2, 0.25) is 11.0 Å². The van der Waals surface area contributed by atoms with Crippen molar-refractivity contribution in [2.75, 3.05) is 16.4 Å². The number of nitrogens with two attached hydrogens (primary N) is 1. The molecule has 0 saturated heterocycles. The van der Waals surface area contributed by atoms with Crippen LogP contribution in [0.25, 0.3) is 0 Å². The summed E-state index contributed by atoms with van der Waals surface area (Å²) in [5.74, 6) is -0.696. The first-order valence-corrected chi connectivity index (χ1v) is 10.2. The molecule has 0 bridgehead atoms. The van der Waals surface area contributed by atoms with E-state index in [1.807, 2.05) is 19.1 Å². The number of hydrogen-bond acceptors (Lipinski definition) is 7. The summed E-state index contributed by atoms with van der Waals surface area (Å²) < 4.78 is 0.672. The quantitative estimate of drug-likeness (QED) is 0.509. The van der Waals surface area contributed by atoms with Crippen LogP contribution in [0.3, 0.4) is 0 Å². The second kappa shape index (κ2) is 8.85. The van der Waals surface area contributed by atoms with Gasteiger partial charge in [-0.05, 0) is 43.2 Å². The number of thioether (sulfide) groups is 1. The van der Waals surface area contributed by atoms with Gasteiger partial charge in [0.15, 0.2) is 4.34 Å². The highest BCUT2D eigenvalue weighted by Gasteiger charge is 2.12. The van der Waals surface area contributed by atoms with Crippen molar-refractivity contribution < 1.29 is 9.59 Å². The summed E-state index contributed by atoms with van der Waals surface area (Å²) in [4.78, 5) is 23.6. The van der Waals surface area contributed by atoms with Crippen LogP contribution in [0.4, 0.5) is 16.5 Å². The van der Waals surface area contributed by atoms with Crippen LogP contribution >= 0.6 is 23.1 Å². The fraction of sp³-hybridized carbons (Fsp3) is 0.158. The number of anilines is 3. The number of primary amides is 1. The van der Waals surface area contributed by atoms with Crippen molar-refractivity contribution in [2.24, 2.45) is 5.73 Å². The maximum atomic E-state index is 12.2. The normalized spacial score (nSPS) is 10.5. The van der Waals surface area contributed by atoms with Crippen LogP contribution < -0.4 is 16.4 Å². The highest BCUT2D eigenvalue weighted by molar-refractivity contribution is 8.01. The van der Waals surface area contributed by atoms with E-state index in [2.05, 4.69) is 33.8 Å². The second-order valence-corrected chi connectivity index (χ2v) is 8.19. The molecule has 1 aromatic heterocycles. The average molecular weight is 414 g/mol. The number of amides is 2. The van der Waals surface area contributed by atoms with Gasteiger partial charge in [-0.1, -0.05) is 47.4 Å². The number of benzene rings is 2. The molecule has 9 heteroatoms. The number of carbonyl (C=O) groups is 2. The molecule has 0 atom stereocenters. The zero-order valence-corrected chi connectivity index (χ0v) is 17.0. The summed E-state index contributed by atoms with van der Waals surface area (Å²) in [6.07, 6.45) is 0. The zero-order chi connectivity index (χ0) is 20.1. The lowest BCUT2D eigenvalue weighted by molar-refractivity contribution is -0.113. The van der Waals surface area contributed by atoms with Gasteiger partial charge in [0.1, 0.15) is 0 Å². The molecule has 0 radical (unpaired) electrons. The molecule has 2 aromatic carbocycles. The van der Waals surface area contributed by atoms with Crippen molar-refractivity contribution in [1.29, 1.82) is 0 Å². The number of nitrogens with one attached hydrogen (secondary N) is 2. The largest absolute Gasteiger partial charge is 0.366 e. The van der Waals surface area contributed by atoms with E-state index in [4.69, 9.17) is 5.73 Å². The molecule has 0 aliphatic rings. The molecule has 0 aliphatic carbocycles. The first-order chi connectivity index (χ1) is 13.4. The number of hydrogen-bond donors (Lipinski definition) is 3. The summed E-state index contributed by atoms with van der Waals surface area (Å²) in [5, 5.41) is 14.9. The van der Waals surface area contributed by atoms with E-state index in [0.717, 1.165) is 11.3 Å². The lowest BCUT2D eigenvalue weighted by Crippen LogP contribution is -2.19. The Bertz CT molecular complexity index is 1020. The molecule has 1 heterocycles. The van der Waals surface area contributed by atoms with E-state index in [1.54, 1.807) is 24.3 Å². The average Bonchev–Trinajstić information content (AvgIpc) is 3.11. The number of aryl methyl sites for hydroxylation is 1. The van der Waals surface area contributed by atoms with Crippen molar-refractivity contribution in [1.82, 2.24) is 10.2 Å². The smallest absolute Gasteiger partial charge is 0.250 e. The van der Waals surface area contributed by atoms with Crippen molar-refractivity contribution in [2.45, 2.75) is 18.2 Å². The summed E-state index contributed by atoms with van der Waals surface area (Å²) in [5.41, 5.74) is 9.32. The molecule has 7 nitrogen and oxygen atoms in total. The zero-order valence-electron chi connectivity index (χ0n) is 15.4. The molecular formula is C19H19N5O2S2. The van der Waals surface area contributed by atoms with Gasteiger partial charge in [0.25, 0.3) is 5.91 Å². The molecule has 3 rings (SSSR count). The third-order valence-electron chi connectivity index (χ3n) is 4.05. The molecule has 0 saturated carbocycles. The third kappa shape index (κ3) is 4.87. The minimum atomic E-state index is -0.588. The summed E-state index contributed by atoms with van der Waals surface area (Å²) in [6.45, 7) is 4.10. The number of carbonyl (C=O) groups excluding carboxylic acids is 2. The van der Waals surface area contributed by atoms with E-state index >= 15 is 0 Å². The number of aromatic nitrogens is 2. The number of para-hydroxylation sites is 1. The Balaban J connectivity index is 1.58. The van der Waals surface area contributed by atoms with E-state index in [0.29, 0.717) is 15.2 Å². The SMILES string of the molecule is Cc1cccc(Nc2nnc(SCC(=O)Nc3ccccc3C(N)=O)s2)c1C. The fourth-order valence-electron chi connectivity index (χ4n) is 2.44. The summed E-state index contributed by atoms with van der Waals surface area (Å²) in [6, 6.07) is 12.6. The summed E-state index contributed by atoms with van der Waals surface area (Å²) >= 11 is 2.65. The Morgan fingerprint density at radius 3 is 2.61 bits per heavy atom. The van der Waals surface area contributed by atoms with Gasteiger partial charge in [-0.3, -0.25) is 9.59 Å². The lowest BCUT2D eigenvalue weighted by atomic mass is 10.1. The predicted molar refractivity (Wildman–Crippen MR) is 113 cm³/mol. The maximum Gasteiger partial charge on any atom is 0.250 e. The molecule has 3 aromatic rings. The van der Waals surface area contributed by atoms with Gasteiger partial charge >= 0.3 is 0 Å². The van der Waals surface area contributed by atoms with Crippen molar-refractivity contribution in [3.05, 3.63) is 59.2 Å². The third-order valence-corrected chi connectivity index (χ3v) is 6.02. The predicted octanol–water partition coefficient (Wildman–Crippen LogP) is 3.73. The molecule has 4 N–H and O–H groups in total. The summed E-state index contributed by atoms with van der Waals surface area (Å²) in [7, 11) is 0. The Morgan fingerprint density at radius 2 is 1.82 bits per heavy atom. The van der Waals surface area contributed by atoms with Crippen molar-refractivity contribution in [3.63, 3.8) is 0 Å². The van der Waals surface area contributed by atoms with Crippen LogP contribution in [0, 0.1) is 13.8 Å². The standard InChI is InChI=1S/C19H19N5O2S2/c1-11-6-5-9-14(12(11)2)22-18-23-24-19(28-18)27-10-16(25)21-15-8-4-3-7-13(15)17(20)26/h3-9H,10H2,1-2H3,(H2,20,26)(H,21,25)(H,22,23). The first-order valence-electron chi connectivity index (χ1n) is 8.42. The van der Waals surface area contributed by atoms with E-state index < -0.39 is 5.91 Å². The minimum Gasteiger partial charge on any atom is -0.366 e. The van der Waals surface area contributed by atoms with Gasteiger partial charge in [0.05, 0.1) is 17.0 Å². The van der Waals surface area contributed by atoms with Gasteiger partial charge in [-0.15, -0.1) is 10.2 Å². The molecule has 144 valence electrons. The van der Waals surface area contributed by atoms with Crippen LogP contribution in [-0.2, 0) is 4.79 Å². The Labute approximate surface area is 170 Å². The topological polar surface area (TPSA) is 110 Å². The van der Waals surface area contributed by atoms with E-state index in [9.17, 15) is 9.59 Å². The van der Waals surface area contributed by atoms with Gasteiger partial charge in [0, 0.05) is 5.69 Å². The Kier molecular flexibility index (Phi) is 6.27. The maximum absolute atomic E-state index is 12.2. The minimum absolute atomic E-state index is 0.144. The van der Waals surface area contributed by atoms with E-state index in [1.165, 1.54) is 28.7 Å². The van der Waals surface area contributed by atoms with Crippen LogP contribution in [0.2, 0.25) is 0 Å². The molecule has 2 amide bonds. The highest BCUT2D eigenvalue weighted by atomic mass is 32.2. The van der Waals surface area contributed by atoms with Crippen LogP contribution in [0.1, 0.15) is 21.5 Å². The van der Waals surface area contributed by atoms with Crippen molar-refractivity contribution in [3.8, 4) is 0 Å². The molecule has 0 aliphatic heterocycles. The fourth-order valence-corrected chi connectivity index (χ4v) is 4.01. The van der Waals surface area contributed by atoms with Crippen LogP contribution in [0.15, 0.2) is 46.8 Å². The number of rotatable bonds is 7. The lowest BCUT2D eigenvalue weighted by Gasteiger charge is -2.08. The molecule has 0 fully saturated rings. The molecule has 0 spiro atoms. The highest BCUT2D eigenvalue weighted by Crippen LogP contribution is 2.29. The van der Waals surface area contributed by atoms with Crippen molar-refractivity contribution >= 4 is 51.4 Å².